The molecule has 1 aromatic carbocycles. The van der Waals surface area contributed by atoms with Crippen molar-refractivity contribution in [3.8, 4) is 0 Å². The molecule has 106 valence electrons. The van der Waals surface area contributed by atoms with Gasteiger partial charge in [0.15, 0.2) is 5.78 Å². The molecule has 0 saturated heterocycles. The number of carbonyl (C=O) groups is 1. The van der Waals surface area contributed by atoms with Crippen LogP contribution in [0.5, 0.6) is 0 Å². The molecule has 5 heteroatoms. The molecule has 2 N–H and O–H groups in total. The minimum atomic E-state index is -3.26. The molecule has 0 aromatic heterocycles. The third-order valence-corrected chi connectivity index (χ3v) is 5.27. The molecule has 1 atom stereocenters. The van der Waals surface area contributed by atoms with Crippen molar-refractivity contribution in [2.75, 3.05) is 0 Å². The lowest BCUT2D eigenvalue weighted by Gasteiger charge is -2.31. The highest BCUT2D eigenvalue weighted by molar-refractivity contribution is 7.92. The molecule has 0 aliphatic carbocycles. The molecule has 0 heterocycles. The van der Waals surface area contributed by atoms with Crippen LogP contribution in [0.25, 0.3) is 0 Å². The van der Waals surface area contributed by atoms with E-state index in [2.05, 4.69) is 4.72 Å². The maximum absolute atomic E-state index is 12.6. The fourth-order valence-electron chi connectivity index (χ4n) is 1.63. The third-order valence-electron chi connectivity index (χ3n) is 2.75. The molecule has 0 spiro atoms. The Labute approximate surface area is 115 Å². The molecule has 0 amide bonds. The Hall–Kier alpha value is -1.20. The zero-order valence-corrected chi connectivity index (χ0v) is 12.9. The molecule has 0 radical (unpaired) electrons. The number of Topliss-reactive ketones (excluding diaryl/α,β-unsaturated/α-hetero) is 1. The van der Waals surface area contributed by atoms with Gasteiger partial charge in [-0.1, -0.05) is 30.3 Å². The summed E-state index contributed by atoms with van der Waals surface area (Å²) in [6, 6.07) is 8.68. The van der Waals surface area contributed by atoms with Crippen molar-refractivity contribution in [2.45, 2.75) is 44.9 Å². The molecule has 0 fully saturated rings. The van der Waals surface area contributed by atoms with E-state index in [0.29, 0.717) is 5.56 Å². The van der Waals surface area contributed by atoms with Crippen LogP contribution < -0.4 is 4.72 Å². The van der Waals surface area contributed by atoms with Crippen molar-refractivity contribution in [2.24, 2.45) is 0 Å². The van der Waals surface area contributed by atoms with Crippen LogP contribution in [0.2, 0.25) is 0 Å². The van der Waals surface area contributed by atoms with Gasteiger partial charge in [0.2, 0.25) is 0 Å². The van der Waals surface area contributed by atoms with Crippen LogP contribution in [0.4, 0.5) is 0 Å². The summed E-state index contributed by atoms with van der Waals surface area (Å²) in [5.41, 5.74) is -0.0178. The van der Waals surface area contributed by atoms with Gasteiger partial charge in [-0.2, -0.15) is 0 Å². The molecule has 0 saturated carbocycles. The molecular formula is C14H22N2O2S. The van der Waals surface area contributed by atoms with E-state index in [9.17, 15) is 9.00 Å². The molecule has 0 aliphatic heterocycles. The van der Waals surface area contributed by atoms with E-state index in [1.54, 1.807) is 38.1 Å². The molecular weight excluding hydrogens is 260 g/mol. The van der Waals surface area contributed by atoms with Crippen molar-refractivity contribution >= 4 is 15.7 Å². The Morgan fingerprint density at radius 3 is 2.00 bits per heavy atom. The van der Waals surface area contributed by atoms with Crippen LogP contribution in [0.3, 0.4) is 0 Å². The average molecular weight is 282 g/mol. The highest BCUT2D eigenvalue weighted by Crippen LogP contribution is 2.23. The summed E-state index contributed by atoms with van der Waals surface area (Å²) in [4.78, 5) is 12.5. The van der Waals surface area contributed by atoms with Gasteiger partial charge in [0.25, 0.3) is 0 Å². The maximum Gasteiger partial charge on any atom is 0.183 e. The van der Waals surface area contributed by atoms with Crippen molar-refractivity contribution in [3.63, 3.8) is 0 Å². The van der Waals surface area contributed by atoms with Gasteiger partial charge >= 0.3 is 0 Å². The minimum Gasteiger partial charge on any atom is -0.292 e. The van der Waals surface area contributed by atoms with E-state index in [0.717, 1.165) is 0 Å². The number of rotatable bonds is 4. The molecule has 1 unspecified atom stereocenters. The van der Waals surface area contributed by atoms with Crippen LogP contribution >= 0.6 is 0 Å². The van der Waals surface area contributed by atoms with Crippen LogP contribution in [0.1, 0.15) is 45.0 Å². The van der Waals surface area contributed by atoms with E-state index in [1.807, 2.05) is 26.8 Å². The standard InChI is InChI=1S/C14H22N2O2S/c1-13(2,3)16-19(15,18)14(4,5)12(17)11-9-7-6-8-10-11/h6-10H,1-5H3,(H2,15,16,18). The summed E-state index contributed by atoms with van der Waals surface area (Å²) in [6.45, 7) is 8.58. The third kappa shape index (κ3) is 3.64. The lowest BCUT2D eigenvalue weighted by molar-refractivity contribution is 0.0954. The second kappa shape index (κ2) is 5.06. The van der Waals surface area contributed by atoms with Crippen LogP contribution in [0, 0.1) is 4.78 Å². The second-order valence-electron chi connectivity index (χ2n) is 6.11. The van der Waals surface area contributed by atoms with Crippen LogP contribution in [0.15, 0.2) is 30.3 Å². The highest BCUT2D eigenvalue weighted by atomic mass is 32.2. The Morgan fingerprint density at radius 1 is 1.11 bits per heavy atom. The summed E-state index contributed by atoms with van der Waals surface area (Å²) in [5, 5.41) is 0. The molecule has 19 heavy (non-hydrogen) atoms. The van der Waals surface area contributed by atoms with E-state index in [-0.39, 0.29) is 5.78 Å². The lowest BCUT2D eigenvalue weighted by Crippen LogP contribution is -2.52. The molecule has 1 aromatic rings. The number of ketones is 1. The zero-order valence-electron chi connectivity index (χ0n) is 12.1. The molecule has 4 nitrogen and oxygen atoms in total. The van der Waals surface area contributed by atoms with Crippen molar-refractivity contribution in [1.29, 1.82) is 4.78 Å². The first kappa shape index (κ1) is 15.9. The van der Waals surface area contributed by atoms with Crippen molar-refractivity contribution < 1.29 is 9.00 Å². The van der Waals surface area contributed by atoms with E-state index >= 15 is 0 Å². The fraction of sp³-hybridized carbons (Fsp3) is 0.500. The minimum absolute atomic E-state index is 0.287. The first-order valence-electron chi connectivity index (χ1n) is 6.14. The van der Waals surface area contributed by atoms with Crippen molar-refractivity contribution in [3.05, 3.63) is 35.9 Å². The van der Waals surface area contributed by atoms with Gasteiger partial charge in [-0.05, 0) is 34.6 Å². The SMILES string of the molecule is CC(C)(C)NS(=N)(=O)C(C)(C)C(=O)c1ccccc1. The second-order valence-corrected chi connectivity index (χ2v) is 8.45. The Balaban J connectivity index is 3.14. The summed E-state index contributed by atoms with van der Waals surface area (Å²) in [7, 11) is -3.26. The Kier molecular flexibility index (Phi) is 4.22. The first-order valence-corrected chi connectivity index (χ1v) is 7.70. The average Bonchev–Trinajstić information content (AvgIpc) is 2.25. The number of nitrogens with one attached hydrogen (secondary N) is 2. The monoisotopic (exact) mass is 282 g/mol. The van der Waals surface area contributed by atoms with Gasteiger partial charge < -0.3 is 0 Å². The summed E-state index contributed by atoms with van der Waals surface area (Å²) in [5.74, 6) is -0.287. The van der Waals surface area contributed by atoms with Gasteiger partial charge in [0.05, 0.1) is 0 Å². The number of benzene rings is 1. The van der Waals surface area contributed by atoms with Crippen LogP contribution in [-0.4, -0.2) is 20.3 Å². The molecule has 1 rings (SSSR count). The summed E-state index contributed by atoms with van der Waals surface area (Å²) < 4.78 is 22.1. The van der Waals surface area contributed by atoms with Crippen molar-refractivity contribution in [1.82, 2.24) is 4.72 Å². The molecule has 0 aliphatic rings. The molecule has 0 bridgehead atoms. The maximum atomic E-state index is 12.6. The highest BCUT2D eigenvalue weighted by Gasteiger charge is 2.40. The van der Waals surface area contributed by atoms with Gasteiger partial charge in [-0.25, -0.2) is 13.7 Å². The van der Waals surface area contributed by atoms with Gasteiger partial charge in [-0.3, -0.25) is 4.79 Å². The Bertz CT molecular complexity index is 555. The van der Waals surface area contributed by atoms with E-state index in [4.69, 9.17) is 4.78 Å². The number of hydrogen-bond acceptors (Lipinski definition) is 3. The number of carbonyl (C=O) groups excluding carboxylic acids is 1. The van der Waals surface area contributed by atoms with Gasteiger partial charge in [0.1, 0.15) is 14.7 Å². The summed E-state index contributed by atoms with van der Waals surface area (Å²) in [6.07, 6.45) is 0. The van der Waals surface area contributed by atoms with Gasteiger partial charge in [-0.15, -0.1) is 0 Å². The smallest absolute Gasteiger partial charge is 0.183 e. The Morgan fingerprint density at radius 2 is 1.58 bits per heavy atom. The lowest BCUT2D eigenvalue weighted by atomic mass is 10.0. The topological polar surface area (TPSA) is 70.0 Å². The summed E-state index contributed by atoms with van der Waals surface area (Å²) >= 11 is 0. The first-order chi connectivity index (χ1) is 8.47. The van der Waals surface area contributed by atoms with Gasteiger partial charge in [0, 0.05) is 11.1 Å². The normalized spacial score (nSPS) is 15.8. The van der Waals surface area contributed by atoms with E-state index < -0.39 is 20.2 Å². The quantitative estimate of drug-likeness (QED) is 0.833. The zero-order chi connectivity index (χ0) is 14.9. The fourth-order valence-corrected chi connectivity index (χ4v) is 3.12. The van der Waals surface area contributed by atoms with E-state index in [1.165, 1.54) is 0 Å². The predicted molar refractivity (Wildman–Crippen MR) is 78.6 cm³/mol. The van der Waals surface area contributed by atoms with Crippen LogP contribution in [-0.2, 0) is 9.92 Å². The predicted octanol–water partition coefficient (Wildman–Crippen LogP) is 3.00. The largest absolute Gasteiger partial charge is 0.292 e. The number of hydrogen-bond donors (Lipinski definition) is 2.